The number of hydrogen-bond acceptors (Lipinski definition) is 4. The number of aromatic nitrogens is 2. The Bertz CT molecular complexity index is 381. The molecule has 2 N–H and O–H groups in total. The summed E-state index contributed by atoms with van der Waals surface area (Å²) in [7, 11) is 1.72. The fraction of sp³-hybridized carbons (Fsp3) is 0.692. The predicted molar refractivity (Wildman–Crippen MR) is 66.8 cm³/mol. The summed E-state index contributed by atoms with van der Waals surface area (Å²) in [6.45, 7) is 2.80. The number of fused-ring (bicyclic) bond motifs is 1. The van der Waals surface area contributed by atoms with Gasteiger partial charge < -0.3 is 10.5 Å². The molecular weight excluding hydrogens is 214 g/mol. The SMILES string of the molecule is COC(C)Cc1ncc2c(n1)CCC(CN)C2. The molecule has 0 aliphatic heterocycles. The van der Waals surface area contributed by atoms with E-state index in [1.165, 1.54) is 11.3 Å². The lowest BCUT2D eigenvalue weighted by molar-refractivity contribution is 0.117. The summed E-state index contributed by atoms with van der Waals surface area (Å²) in [6.07, 6.45) is 6.15. The molecule has 1 aromatic rings. The van der Waals surface area contributed by atoms with Crippen LogP contribution in [0.4, 0.5) is 0 Å². The number of ether oxygens (including phenoxy) is 1. The second kappa shape index (κ2) is 5.56. The van der Waals surface area contributed by atoms with Crippen molar-refractivity contribution < 1.29 is 4.74 Å². The summed E-state index contributed by atoms with van der Waals surface area (Å²) >= 11 is 0. The van der Waals surface area contributed by atoms with Crippen molar-refractivity contribution in [3.05, 3.63) is 23.3 Å². The smallest absolute Gasteiger partial charge is 0.131 e. The first-order valence-corrected chi connectivity index (χ1v) is 6.29. The molecule has 1 aromatic heterocycles. The Balaban J connectivity index is 2.10. The largest absolute Gasteiger partial charge is 0.381 e. The third-order valence-corrected chi connectivity index (χ3v) is 3.51. The van der Waals surface area contributed by atoms with Gasteiger partial charge in [0.1, 0.15) is 5.82 Å². The van der Waals surface area contributed by atoms with Crippen molar-refractivity contribution in [1.82, 2.24) is 9.97 Å². The Morgan fingerprint density at radius 1 is 1.59 bits per heavy atom. The van der Waals surface area contributed by atoms with Crippen molar-refractivity contribution in [3.8, 4) is 0 Å². The maximum absolute atomic E-state index is 5.72. The Hall–Kier alpha value is -1.00. The average Bonchev–Trinajstić information content (AvgIpc) is 2.38. The second-order valence-corrected chi connectivity index (χ2v) is 4.85. The van der Waals surface area contributed by atoms with E-state index in [1.807, 2.05) is 13.1 Å². The van der Waals surface area contributed by atoms with Gasteiger partial charge in [-0.25, -0.2) is 9.97 Å². The maximum atomic E-state index is 5.72. The normalized spacial score (nSPS) is 21.0. The van der Waals surface area contributed by atoms with Gasteiger partial charge in [-0.2, -0.15) is 0 Å². The molecule has 0 aromatic carbocycles. The molecule has 0 spiro atoms. The topological polar surface area (TPSA) is 61.0 Å². The van der Waals surface area contributed by atoms with Crippen LogP contribution in [0.3, 0.4) is 0 Å². The maximum Gasteiger partial charge on any atom is 0.131 e. The summed E-state index contributed by atoms with van der Waals surface area (Å²) in [4.78, 5) is 9.05. The van der Waals surface area contributed by atoms with Crippen LogP contribution < -0.4 is 5.73 Å². The molecule has 4 heteroatoms. The van der Waals surface area contributed by atoms with Crippen LogP contribution in [0, 0.1) is 5.92 Å². The summed E-state index contributed by atoms with van der Waals surface area (Å²) in [6, 6.07) is 0. The highest BCUT2D eigenvalue weighted by Gasteiger charge is 2.19. The highest BCUT2D eigenvalue weighted by atomic mass is 16.5. The number of methoxy groups -OCH3 is 1. The van der Waals surface area contributed by atoms with Crippen molar-refractivity contribution in [2.24, 2.45) is 11.7 Å². The first kappa shape index (κ1) is 12.5. The number of hydrogen-bond donors (Lipinski definition) is 1. The first-order valence-electron chi connectivity index (χ1n) is 6.29. The molecule has 2 unspecified atom stereocenters. The van der Waals surface area contributed by atoms with Gasteiger partial charge >= 0.3 is 0 Å². The van der Waals surface area contributed by atoms with Crippen LogP contribution >= 0.6 is 0 Å². The van der Waals surface area contributed by atoms with Crippen LogP contribution in [0.1, 0.15) is 30.4 Å². The molecular formula is C13H21N3O. The molecule has 1 aliphatic rings. The average molecular weight is 235 g/mol. The summed E-state index contributed by atoms with van der Waals surface area (Å²) in [5, 5.41) is 0. The van der Waals surface area contributed by atoms with Crippen LogP contribution in [0.25, 0.3) is 0 Å². The molecule has 2 atom stereocenters. The minimum atomic E-state index is 0.174. The van der Waals surface area contributed by atoms with E-state index in [1.54, 1.807) is 7.11 Å². The zero-order chi connectivity index (χ0) is 12.3. The van der Waals surface area contributed by atoms with Gasteiger partial charge in [-0.3, -0.25) is 0 Å². The van der Waals surface area contributed by atoms with Gasteiger partial charge in [-0.15, -0.1) is 0 Å². The van der Waals surface area contributed by atoms with Crippen LogP contribution in [0.15, 0.2) is 6.20 Å². The molecule has 0 saturated heterocycles. The first-order chi connectivity index (χ1) is 8.22. The molecule has 0 bridgehead atoms. The van der Waals surface area contributed by atoms with Gasteiger partial charge in [-0.1, -0.05) is 0 Å². The molecule has 94 valence electrons. The van der Waals surface area contributed by atoms with Gasteiger partial charge in [0, 0.05) is 25.4 Å². The third kappa shape index (κ3) is 3.01. The Morgan fingerprint density at radius 2 is 2.41 bits per heavy atom. The van der Waals surface area contributed by atoms with E-state index in [-0.39, 0.29) is 6.10 Å². The van der Waals surface area contributed by atoms with E-state index in [0.717, 1.165) is 38.1 Å². The molecule has 0 saturated carbocycles. The zero-order valence-electron chi connectivity index (χ0n) is 10.6. The predicted octanol–water partition coefficient (Wildman–Crippen LogP) is 1.12. The van der Waals surface area contributed by atoms with Crippen LogP contribution in [-0.2, 0) is 24.0 Å². The lowest BCUT2D eigenvalue weighted by Crippen LogP contribution is -2.24. The summed E-state index contributed by atoms with van der Waals surface area (Å²) in [5.41, 5.74) is 8.21. The van der Waals surface area contributed by atoms with Gasteiger partial charge in [0.25, 0.3) is 0 Å². The monoisotopic (exact) mass is 235 g/mol. The lowest BCUT2D eigenvalue weighted by atomic mass is 9.87. The van der Waals surface area contributed by atoms with Crippen molar-refractivity contribution in [2.75, 3.05) is 13.7 Å². The number of rotatable bonds is 4. The highest BCUT2D eigenvalue weighted by Crippen LogP contribution is 2.23. The Morgan fingerprint density at radius 3 is 3.12 bits per heavy atom. The van der Waals surface area contributed by atoms with Crippen molar-refractivity contribution in [2.45, 2.75) is 38.7 Å². The van der Waals surface area contributed by atoms with Crippen LogP contribution in [0.5, 0.6) is 0 Å². The van der Waals surface area contributed by atoms with Gasteiger partial charge in [0.2, 0.25) is 0 Å². The zero-order valence-corrected chi connectivity index (χ0v) is 10.6. The quantitative estimate of drug-likeness (QED) is 0.849. The molecule has 1 aliphatic carbocycles. The molecule has 2 rings (SSSR count). The van der Waals surface area contributed by atoms with E-state index in [9.17, 15) is 0 Å². The van der Waals surface area contributed by atoms with Crippen LogP contribution in [-0.4, -0.2) is 29.7 Å². The second-order valence-electron chi connectivity index (χ2n) is 4.85. The fourth-order valence-corrected chi connectivity index (χ4v) is 2.26. The Kier molecular flexibility index (Phi) is 4.07. The van der Waals surface area contributed by atoms with E-state index >= 15 is 0 Å². The third-order valence-electron chi connectivity index (χ3n) is 3.51. The Labute approximate surface area is 103 Å². The van der Waals surface area contributed by atoms with E-state index in [2.05, 4.69) is 9.97 Å². The highest BCUT2D eigenvalue weighted by molar-refractivity contribution is 5.21. The number of aryl methyl sites for hydroxylation is 1. The molecule has 4 nitrogen and oxygen atoms in total. The minimum absolute atomic E-state index is 0.174. The van der Waals surface area contributed by atoms with E-state index < -0.39 is 0 Å². The molecule has 1 heterocycles. The van der Waals surface area contributed by atoms with E-state index in [4.69, 9.17) is 10.5 Å². The molecule has 0 radical (unpaired) electrons. The molecule has 0 fully saturated rings. The van der Waals surface area contributed by atoms with Gasteiger partial charge in [0.05, 0.1) is 6.10 Å². The summed E-state index contributed by atoms with van der Waals surface area (Å²) < 4.78 is 5.24. The van der Waals surface area contributed by atoms with Gasteiger partial charge in [0.15, 0.2) is 0 Å². The summed E-state index contributed by atoms with van der Waals surface area (Å²) in [5.74, 6) is 1.50. The fourth-order valence-electron chi connectivity index (χ4n) is 2.26. The van der Waals surface area contributed by atoms with Crippen molar-refractivity contribution in [1.29, 1.82) is 0 Å². The number of nitrogens with zero attached hydrogens (tertiary/aromatic N) is 2. The van der Waals surface area contributed by atoms with Crippen LogP contribution in [0.2, 0.25) is 0 Å². The minimum Gasteiger partial charge on any atom is -0.381 e. The van der Waals surface area contributed by atoms with Crippen molar-refractivity contribution >= 4 is 0 Å². The standard InChI is InChI=1S/C13H21N3O/c1-9(17-2)5-13-15-8-11-6-10(7-14)3-4-12(11)16-13/h8-10H,3-7,14H2,1-2H3. The van der Waals surface area contributed by atoms with Gasteiger partial charge in [-0.05, 0) is 44.2 Å². The molecule has 0 amide bonds. The molecule has 17 heavy (non-hydrogen) atoms. The number of nitrogens with two attached hydrogens (primary N) is 1. The van der Waals surface area contributed by atoms with Crippen molar-refractivity contribution in [3.63, 3.8) is 0 Å². The lowest BCUT2D eigenvalue weighted by Gasteiger charge is -2.22. The van der Waals surface area contributed by atoms with E-state index in [0.29, 0.717) is 5.92 Å².